The molecule has 1 fully saturated rings. The maximum atomic E-state index is 9.93. The van der Waals surface area contributed by atoms with Crippen molar-refractivity contribution >= 4 is 0 Å². The van der Waals surface area contributed by atoms with Crippen LogP contribution in [-0.4, -0.2) is 37.1 Å². The summed E-state index contributed by atoms with van der Waals surface area (Å²) in [7, 11) is 0. The molecule has 0 aliphatic carbocycles. The number of unbranched alkanes of at least 4 members (excludes halogenated alkanes) is 11. The normalized spacial score (nSPS) is 18.0. The molecule has 0 saturated carbocycles. The first-order valence-corrected chi connectivity index (χ1v) is 10.7. The van der Waals surface area contributed by atoms with Crippen molar-refractivity contribution in [1.29, 1.82) is 0 Å². The zero-order valence-corrected chi connectivity index (χ0v) is 16.1. The van der Waals surface area contributed by atoms with Crippen LogP contribution in [0.4, 0.5) is 0 Å². The van der Waals surface area contributed by atoms with Gasteiger partial charge in [-0.3, -0.25) is 0 Å². The first kappa shape index (κ1) is 21.9. The Morgan fingerprint density at radius 1 is 0.833 bits per heavy atom. The molecule has 0 aromatic heterocycles. The van der Waals surface area contributed by atoms with E-state index < -0.39 is 0 Å². The molecule has 1 aliphatic heterocycles. The molecule has 2 unspecified atom stereocenters. The molecule has 0 aromatic rings. The van der Waals surface area contributed by atoms with Crippen LogP contribution in [0, 0.1) is 0 Å². The monoisotopic (exact) mass is 342 g/mol. The van der Waals surface area contributed by atoms with Crippen molar-refractivity contribution in [3.05, 3.63) is 0 Å². The molecular weight excluding hydrogens is 300 g/mol. The van der Waals surface area contributed by atoms with Crippen molar-refractivity contribution in [3.8, 4) is 0 Å². The average Bonchev–Trinajstić information content (AvgIpc) is 3.40. The van der Waals surface area contributed by atoms with Crippen LogP contribution in [0.2, 0.25) is 0 Å². The van der Waals surface area contributed by atoms with Gasteiger partial charge in [0.2, 0.25) is 0 Å². The van der Waals surface area contributed by atoms with Gasteiger partial charge in [-0.2, -0.15) is 0 Å². The molecule has 2 atom stereocenters. The van der Waals surface area contributed by atoms with E-state index in [4.69, 9.17) is 9.47 Å². The lowest BCUT2D eigenvalue weighted by Gasteiger charge is -2.10. The molecule has 1 aliphatic rings. The predicted molar refractivity (Wildman–Crippen MR) is 101 cm³/mol. The number of epoxide rings is 1. The van der Waals surface area contributed by atoms with E-state index in [1.54, 1.807) is 0 Å². The lowest BCUT2D eigenvalue weighted by molar-refractivity contribution is 0.113. The minimum Gasteiger partial charge on any atom is -0.393 e. The highest BCUT2D eigenvalue weighted by molar-refractivity contribution is 4.67. The lowest BCUT2D eigenvalue weighted by atomic mass is 10.0. The lowest BCUT2D eigenvalue weighted by Crippen LogP contribution is -2.05. The quantitative estimate of drug-likeness (QED) is 0.244. The number of aliphatic hydroxyl groups is 1. The Balaban J connectivity index is 1.66. The van der Waals surface area contributed by atoms with Crippen LogP contribution in [0.3, 0.4) is 0 Å². The fourth-order valence-electron chi connectivity index (χ4n) is 3.15. The summed E-state index contributed by atoms with van der Waals surface area (Å²) >= 11 is 0. The van der Waals surface area contributed by atoms with E-state index in [0.29, 0.717) is 6.10 Å². The molecular formula is C21H42O3. The molecule has 3 nitrogen and oxygen atoms in total. The molecule has 0 spiro atoms. The SMILES string of the molecule is CCCCCCC(O)CCCCCCCCCCCOCC1CO1. The summed E-state index contributed by atoms with van der Waals surface area (Å²) in [5.41, 5.74) is 0. The highest BCUT2D eigenvalue weighted by Gasteiger charge is 2.21. The van der Waals surface area contributed by atoms with Crippen molar-refractivity contribution in [2.24, 2.45) is 0 Å². The van der Waals surface area contributed by atoms with E-state index in [2.05, 4.69) is 6.92 Å². The van der Waals surface area contributed by atoms with Gasteiger partial charge in [0.25, 0.3) is 0 Å². The van der Waals surface area contributed by atoms with Crippen LogP contribution in [0.5, 0.6) is 0 Å². The predicted octanol–water partition coefficient (Wildman–Crippen LogP) is 5.63. The fourth-order valence-corrected chi connectivity index (χ4v) is 3.15. The molecule has 1 saturated heterocycles. The summed E-state index contributed by atoms with van der Waals surface area (Å²) in [5.74, 6) is 0. The first-order valence-electron chi connectivity index (χ1n) is 10.7. The van der Waals surface area contributed by atoms with Crippen LogP contribution in [0.15, 0.2) is 0 Å². The van der Waals surface area contributed by atoms with Crippen LogP contribution < -0.4 is 0 Å². The second-order valence-corrected chi connectivity index (χ2v) is 7.50. The Labute approximate surface area is 150 Å². The summed E-state index contributed by atoms with van der Waals surface area (Å²) in [6, 6.07) is 0. The van der Waals surface area contributed by atoms with Crippen molar-refractivity contribution < 1.29 is 14.6 Å². The third-order valence-electron chi connectivity index (χ3n) is 4.92. The third kappa shape index (κ3) is 15.4. The minimum absolute atomic E-state index is 0.0458. The highest BCUT2D eigenvalue weighted by atomic mass is 16.6. The van der Waals surface area contributed by atoms with E-state index in [1.165, 1.54) is 83.5 Å². The molecule has 144 valence electrons. The summed E-state index contributed by atoms with van der Waals surface area (Å²) in [6.07, 6.45) is 19.3. The molecule has 0 amide bonds. The van der Waals surface area contributed by atoms with Crippen molar-refractivity contribution in [2.45, 2.75) is 115 Å². The van der Waals surface area contributed by atoms with Gasteiger partial charge in [0.05, 0.1) is 19.3 Å². The summed E-state index contributed by atoms with van der Waals surface area (Å²) < 4.78 is 10.6. The van der Waals surface area contributed by atoms with E-state index in [9.17, 15) is 5.11 Å². The van der Waals surface area contributed by atoms with Gasteiger partial charge in [-0.15, -0.1) is 0 Å². The number of ether oxygens (including phenoxy) is 2. The average molecular weight is 343 g/mol. The van der Waals surface area contributed by atoms with Crippen LogP contribution in [-0.2, 0) is 9.47 Å². The highest BCUT2D eigenvalue weighted by Crippen LogP contribution is 2.14. The standard InChI is InChI=1S/C21H42O3/c1-2-3-4-12-15-20(22)16-13-10-8-6-5-7-9-11-14-17-23-18-21-19-24-21/h20-22H,2-19H2,1H3. The Kier molecular flexibility index (Phi) is 14.9. The van der Waals surface area contributed by atoms with Crippen molar-refractivity contribution in [1.82, 2.24) is 0 Å². The van der Waals surface area contributed by atoms with Gasteiger partial charge < -0.3 is 14.6 Å². The summed E-state index contributed by atoms with van der Waals surface area (Å²) in [6.45, 7) is 4.84. The summed E-state index contributed by atoms with van der Waals surface area (Å²) in [4.78, 5) is 0. The zero-order chi connectivity index (χ0) is 17.3. The Bertz CT molecular complexity index is 253. The number of aliphatic hydroxyl groups excluding tert-OH is 1. The molecule has 0 aromatic carbocycles. The van der Waals surface area contributed by atoms with Gasteiger partial charge in [-0.1, -0.05) is 84.0 Å². The smallest absolute Gasteiger partial charge is 0.104 e. The van der Waals surface area contributed by atoms with E-state index in [0.717, 1.165) is 32.7 Å². The summed E-state index contributed by atoms with van der Waals surface area (Å²) in [5, 5.41) is 9.93. The number of hydrogen-bond acceptors (Lipinski definition) is 3. The molecule has 3 heteroatoms. The number of rotatable bonds is 19. The van der Waals surface area contributed by atoms with Crippen LogP contribution in [0.1, 0.15) is 103 Å². The maximum absolute atomic E-state index is 9.93. The molecule has 1 rings (SSSR count). The largest absolute Gasteiger partial charge is 0.393 e. The minimum atomic E-state index is -0.0458. The Morgan fingerprint density at radius 3 is 1.88 bits per heavy atom. The third-order valence-corrected chi connectivity index (χ3v) is 4.92. The van der Waals surface area contributed by atoms with Gasteiger partial charge in [0, 0.05) is 6.61 Å². The molecule has 24 heavy (non-hydrogen) atoms. The van der Waals surface area contributed by atoms with Crippen molar-refractivity contribution in [3.63, 3.8) is 0 Å². The first-order chi connectivity index (χ1) is 11.8. The topological polar surface area (TPSA) is 42.0 Å². The van der Waals surface area contributed by atoms with Crippen LogP contribution >= 0.6 is 0 Å². The van der Waals surface area contributed by atoms with Crippen molar-refractivity contribution in [2.75, 3.05) is 19.8 Å². The second-order valence-electron chi connectivity index (χ2n) is 7.50. The van der Waals surface area contributed by atoms with Gasteiger partial charge in [-0.05, 0) is 19.3 Å². The van der Waals surface area contributed by atoms with Gasteiger partial charge in [0.1, 0.15) is 6.10 Å². The number of hydrogen-bond donors (Lipinski definition) is 1. The Hall–Kier alpha value is -0.120. The zero-order valence-electron chi connectivity index (χ0n) is 16.1. The molecule has 0 radical (unpaired) electrons. The fraction of sp³-hybridized carbons (Fsp3) is 1.00. The van der Waals surface area contributed by atoms with Gasteiger partial charge in [-0.25, -0.2) is 0 Å². The van der Waals surface area contributed by atoms with Gasteiger partial charge in [0.15, 0.2) is 0 Å². The molecule has 1 heterocycles. The van der Waals surface area contributed by atoms with Crippen LogP contribution in [0.25, 0.3) is 0 Å². The van der Waals surface area contributed by atoms with E-state index in [-0.39, 0.29) is 6.10 Å². The van der Waals surface area contributed by atoms with E-state index >= 15 is 0 Å². The Morgan fingerprint density at radius 2 is 1.33 bits per heavy atom. The maximum Gasteiger partial charge on any atom is 0.104 e. The molecule has 1 N–H and O–H groups in total. The van der Waals surface area contributed by atoms with E-state index in [1.807, 2.05) is 0 Å². The van der Waals surface area contributed by atoms with Gasteiger partial charge >= 0.3 is 0 Å². The second kappa shape index (κ2) is 16.4. The molecule has 0 bridgehead atoms.